The molecule has 0 radical (unpaired) electrons. The lowest BCUT2D eigenvalue weighted by Crippen LogP contribution is -2.42. The number of piperidine rings is 1. The Balaban J connectivity index is 1.91. The fourth-order valence-corrected chi connectivity index (χ4v) is 5.06. The zero-order valence-corrected chi connectivity index (χ0v) is 15.2. The van der Waals surface area contributed by atoms with E-state index < -0.39 is 10.0 Å². The van der Waals surface area contributed by atoms with Crippen molar-refractivity contribution in [1.82, 2.24) is 13.9 Å². The summed E-state index contributed by atoms with van der Waals surface area (Å²) < 4.78 is 28.8. The summed E-state index contributed by atoms with van der Waals surface area (Å²) in [5, 5.41) is 0. The van der Waals surface area contributed by atoms with Crippen LogP contribution in [-0.2, 0) is 10.0 Å². The van der Waals surface area contributed by atoms with Crippen molar-refractivity contribution in [1.29, 1.82) is 0 Å². The van der Waals surface area contributed by atoms with Gasteiger partial charge in [0.2, 0.25) is 10.0 Å². The van der Waals surface area contributed by atoms with Crippen LogP contribution < -0.4 is 0 Å². The van der Waals surface area contributed by atoms with Crippen molar-refractivity contribution in [3.63, 3.8) is 0 Å². The van der Waals surface area contributed by atoms with E-state index >= 15 is 0 Å². The van der Waals surface area contributed by atoms with Crippen molar-refractivity contribution < 1.29 is 8.42 Å². The minimum Gasteiger partial charge on any atom is -0.324 e. The van der Waals surface area contributed by atoms with Gasteiger partial charge in [-0.25, -0.2) is 13.4 Å². The van der Waals surface area contributed by atoms with Crippen LogP contribution in [0.5, 0.6) is 0 Å². The number of rotatable bonds is 5. The zero-order chi connectivity index (χ0) is 17.2. The van der Waals surface area contributed by atoms with Crippen LogP contribution in [0.2, 0.25) is 0 Å². The molecule has 1 fully saturated rings. The Morgan fingerprint density at radius 1 is 1.25 bits per heavy atom. The molecule has 0 saturated carbocycles. The molecule has 1 aromatic heterocycles. The number of imidazole rings is 1. The lowest BCUT2D eigenvalue weighted by Gasteiger charge is -2.34. The van der Waals surface area contributed by atoms with Crippen LogP contribution >= 0.6 is 0 Å². The molecule has 1 saturated heterocycles. The topological polar surface area (TPSA) is 55.2 Å². The van der Waals surface area contributed by atoms with E-state index in [9.17, 15) is 8.42 Å². The summed E-state index contributed by atoms with van der Waals surface area (Å²) in [4.78, 5) is 4.58. The van der Waals surface area contributed by atoms with Gasteiger partial charge in [0, 0.05) is 36.6 Å². The fourth-order valence-electron chi connectivity index (χ4n) is 3.48. The van der Waals surface area contributed by atoms with Gasteiger partial charge in [0.25, 0.3) is 0 Å². The largest absolute Gasteiger partial charge is 0.324 e. The maximum absolute atomic E-state index is 12.4. The zero-order valence-electron chi connectivity index (χ0n) is 14.4. The molecule has 1 aromatic carbocycles. The Labute approximate surface area is 144 Å². The maximum atomic E-state index is 12.4. The third-order valence-electron chi connectivity index (χ3n) is 4.59. The second kappa shape index (κ2) is 7.07. The van der Waals surface area contributed by atoms with E-state index in [1.54, 1.807) is 4.31 Å². The fraction of sp³-hybridized carbons (Fsp3) is 0.500. The average molecular weight is 347 g/mol. The normalized spacial score (nSPS) is 19.5. The molecule has 24 heavy (non-hydrogen) atoms. The van der Waals surface area contributed by atoms with Crippen LogP contribution in [0.15, 0.2) is 36.5 Å². The molecule has 0 bridgehead atoms. The molecule has 0 aliphatic carbocycles. The van der Waals surface area contributed by atoms with Crippen molar-refractivity contribution in [2.75, 3.05) is 18.8 Å². The lowest BCUT2D eigenvalue weighted by molar-refractivity contribution is 0.266. The molecule has 1 atom stereocenters. The van der Waals surface area contributed by atoms with Crippen LogP contribution in [0.1, 0.15) is 37.9 Å². The molecule has 1 aliphatic heterocycles. The molecular formula is C18H25N3O2S. The van der Waals surface area contributed by atoms with E-state index in [0.29, 0.717) is 19.5 Å². The van der Waals surface area contributed by atoms with Gasteiger partial charge in [0.15, 0.2) is 0 Å². The van der Waals surface area contributed by atoms with E-state index in [4.69, 9.17) is 0 Å². The molecule has 130 valence electrons. The molecule has 1 aliphatic rings. The van der Waals surface area contributed by atoms with E-state index in [0.717, 1.165) is 29.9 Å². The van der Waals surface area contributed by atoms with Crippen molar-refractivity contribution >= 4 is 10.0 Å². The minimum atomic E-state index is -3.15. The van der Waals surface area contributed by atoms with Gasteiger partial charge in [0.05, 0.1) is 5.75 Å². The van der Waals surface area contributed by atoms with Crippen molar-refractivity contribution in [2.45, 2.75) is 39.2 Å². The SMILES string of the molecule is CCCS(=O)(=O)N1CCCC(n2c(C)cnc2-c2ccccc2)C1. The van der Waals surface area contributed by atoms with E-state index in [1.807, 2.05) is 50.4 Å². The summed E-state index contributed by atoms with van der Waals surface area (Å²) in [6, 6.07) is 10.2. The quantitative estimate of drug-likeness (QED) is 0.834. The Morgan fingerprint density at radius 3 is 2.71 bits per heavy atom. The second-order valence-corrected chi connectivity index (χ2v) is 8.52. The first-order valence-corrected chi connectivity index (χ1v) is 10.2. The lowest BCUT2D eigenvalue weighted by atomic mass is 10.1. The predicted molar refractivity (Wildman–Crippen MR) is 96.3 cm³/mol. The van der Waals surface area contributed by atoms with Gasteiger partial charge in [-0.3, -0.25) is 0 Å². The van der Waals surface area contributed by atoms with Gasteiger partial charge in [-0.2, -0.15) is 4.31 Å². The smallest absolute Gasteiger partial charge is 0.214 e. The minimum absolute atomic E-state index is 0.142. The molecule has 0 amide bonds. The average Bonchev–Trinajstić information content (AvgIpc) is 2.97. The van der Waals surface area contributed by atoms with E-state index in [-0.39, 0.29) is 11.8 Å². The highest BCUT2D eigenvalue weighted by Gasteiger charge is 2.30. The van der Waals surface area contributed by atoms with Gasteiger partial charge >= 0.3 is 0 Å². The third-order valence-corrected chi connectivity index (χ3v) is 6.64. The summed E-state index contributed by atoms with van der Waals surface area (Å²) in [6.07, 6.45) is 4.40. The van der Waals surface area contributed by atoms with Gasteiger partial charge in [-0.15, -0.1) is 0 Å². The number of aromatic nitrogens is 2. The number of sulfonamides is 1. The summed E-state index contributed by atoms with van der Waals surface area (Å²) >= 11 is 0. The highest BCUT2D eigenvalue weighted by Crippen LogP contribution is 2.30. The predicted octanol–water partition coefficient (Wildman–Crippen LogP) is 3.24. The molecule has 0 spiro atoms. The van der Waals surface area contributed by atoms with Crippen LogP contribution in [0.4, 0.5) is 0 Å². The first-order valence-electron chi connectivity index (χ1n) is 8.60. The number of aryl methyl sites for hydroxylation is 1. The standard InChI is InChI=1S/C18H25N3O2S/c1-3-12-24(22,23)20-11-7-10-17(14-20)21-15(2)13-19-18(21)16-8-5-4-6-9-16/h4-6,8-9,13,17H,3,7,10-12,14H2,1-2H3. The third kappa shape index (κ3) is 3.39. The molecule has 2 aromatic rings. The number of nitrogens with zero attached hydrogens (tertiary/aromatic N) is 3. The Bertz CT molecular complexity index is 784. The Morgan fingerprint density at radius 2 is 2.00 bits per heavy atom. The Kier molecular flexibility index (Phi) is 5.06. The molecule has 6 heteroatoms. The highest BCUT2D eigenvalue weighted by molar-refractivity contribution is 7.89. The second-order valence-electron chi connectivity index (χ2n) is 6.43. The maximum Gasteiger partial charge on any atom is 0.214 e. The molecule has 1 unspecified atom stereocenters. The first-order chi connectivity index (χ1) is 11.5. The summed E-state index contributed by atoms with van der Waals surface area (Å²) in [5.74, 6) is 1.15. The van der Waals surface area contributed by atoms with Gasteiger partial charge in [0.1, 0.15) is 5.82 Å². The molecular weight excluding hydrogens is 322 g/mol. The molecule has 3 rings (SSSR count). The number of hydrogen-bond acceptors (Lipinski definition) is 3. The molecule has 0 N–H and O–H groups in total. The van der Waals surface area contributed by atoms with E-state index in [2.05, 4.69) is 9.55 Å². The number of hydrogen-bond donors (Lipinski definition) is 0. The van der Waals surface area contributed by atoms with Crippen molar-refractivity contribution in [2.24, 2.45) is 0 Å². The van der Waals surface area contributed by atoms with Crippen molar-refractivity contribution in [3.8, 4) is 11.4 Å². The monoisotopic (exact) mass is 347 g/mol. The van der Waals surface area contributed by atoms with Crippen LogP contribution in [0, 0.1) is 6.92 Å². The molecule has 2 heterocycles. The summed E-state index contributed by atoms with van der Waals surface area (Å²) in [5.41, 5.74) is 2.15. The van der Waals surface area contributed by atoms with Crippen LogP contribution in [0.3, 0.4) is 0 Å². The Hall–Kier alpha value is -1.66. The van der Waals surface area contributed by atoms with E-state index in [1.165, 1.54) is 0 Å². The number of benzene rings is 1. The van der Waals surface area contributed by atoms with Gasteiger partial charge < -0.3 is 4.57 Å². The van der Waals surface area contributed by atoms with Gasteiger partial charge in [-0.05, 0) is 26.2 Å². The summed E-state index contributed by atoms with van der Waals surface area (Å²) in [7, 11) is -3.15. The van der Waals surface area contributed by atoms with Crippen molar-refractivity contribution in [3.05, 3.63) is 42.2 Å². The van der Waals surface area contributed by atoms with Crippen LogP contribution in [0.25, 0.3) is 11.4 Å². The highest BCUT2D eigenvalue weighted by atomic mass is 32.2. The molecule has 5 nitrogen and oxygen atoms in total. The summed E-state index contributed by atoms with van der Waals surface area (Å²) in [6.45, 7) is 5.12. The van der Waals surface area contributed by atoms with Crippen LogP contribution in [-0.4, -0.2) is 41.1 Å². The first kappa shape index (κ1) is 17.2. The van der Waals surface area contributed by atoms with Gasteiger partial charge in [-0.1, -0.05) is 37.3 Å².